The summed E-state index contributed by atoms with van der Waals surface area (Å²) < 4.78 is 5.36. The molecule has 4 heteroatoms. The number of esters is 1. The molecule has 2 rings (SSSR count). The van der Waals surface area contributed by atoms with E-state index in [1.54, 1.807) is 6.08 Å². The van der Waals surface area contributed by atoms with Gasteiger partial charge in [0, 0.05) is 6.07 Å². The SMILES string of the molecule is CC1CCCCCC=Cc2cc(O)cc(O)c2C(=O)O1. The summed E-state index contributed by atoms with van der Waals surface area (Å²) in [6.45, 7) is 1.86. The van der Waals surface area contributed by atoms with Crippen LogP contribution >= 0.6 is 0 Å². The number of cyclic esters (lactones) is 1. The molecular weight excluding hydrogens is 256 g/mol. The maximum Gasteiger partial charge on any atom is 0.342 e. The summed E-state index contributed by atoms with van der Waals surface area (Å²) in [4.78, 5) is 12.2. The van der Waals surface area contributed by atoms with E-state index < -0.39 is 5.97 Å². The van der Waals surface area contributed by atoms with Crippen LogP contribution < -0.4 is 0 Å². The van der Waals surface area contributed by atoms with Gasteiger partial charge in [-0.3, -0.25) is 0 Å². The van der Waals surface area contributed by atoms with Gasteiger partial charge in [-0.1, -0.05) is 18.6 Å². The molecule has 0 radical (unpaired) electrons. The third kappa shape index (κ3) is 3.53. The van der Waals surface area contributed by atoms with Crippen LogP contribution in [0.4, 0.5) is 0 Å². The number of fused-ring (bicyclic) bond motifs is 1. The maximum atomic E-state index is 12.2. The highest BCUT2D eigenvalue weighted by atomic mass is 16.5. The fraction of sp³-hybridized carbons (Fsp3) is 0.438. The van der Waals surface area contributed by atoms with Gasteiger partial charge >= 0.3 is 5.97 Å². The zero-order valence-corrected chi connectivity index (χ0v) is 11.6. The molecule has 1 heterocycles. The fourth-order valence-electron chi connectivity index (χ4n) is 2.37. The second kappa shape index (κ2) is 6.46. The molecule has 1 atom stereocenters. The molecule has 0 amide bonds. The number of benzene rings is 1. The van der Waals surface area contributed by atoms with Crippen molar-refractivity contribution in [2.75, 3.05) is 0 Å². The van der Waals surface area contributed by atoms with Gasteiger partial charge in [0.25, 0.3) is 0 Å². The Morgan fingerprint density at radius 1 is 1.20 bits per heavy atom. The predicted octanol–water partition coefficient (Wildman–Crippen LogP) is 3.62. The molecule has 1 unspecified atom stereocenters. The third-order valence-electron chi connectivity index (χ3n) is 3.42. The van der Waals surface area contributed by atoms with E-state index in [1.165, 1.54) is 6.07 Å². The van der Waals surface area contributed by atoms with E-state index in [2.05, 4.69) is 0 Å². The van der Waals surface area contributed by atoms with Crippen molar-refractivity contribution in [2.45, 2.75) is 45.1 Å². The lowest BCUT2D eigenvalue weighted by molar-refractivity contribution is 0.0316. The third-order valence-corrected chi connectivity index (χ3v) is 3.42. The zero-order chi connectivity index (χ0) is 14.5. The van der Waals surface area contributed by atoms with Gasteiger partial charge in [-0.15, -0.1) is 0 Å². The minimum absolute atomic E-state index is 0.0705. The van der Waals surface area contributed by atoms with Crippen LogP contribution in [-0.4, -0.2) is 22.3 Å². The molecular formula is C16H20O4. The molecule has 4 nitrogen and oxygen atoms in total. The van der Waals surface area contributed by atoms with Crippen LogP contribution in [0.2, 0.25) is 0 Å². The van der Waals surface area contributed by atoms with Crippen molar-refractivity contribution in [3.8, 4) is 11.5 Å². The summed E-state index contributed by atoms with van der Waals surface area (Å²) in [6, 6.07) is 2.62. The number of phenols is 2. The van der Waals surface area contributed by atoms with Gasteiger partial charge in [-0.05, 0) is 44.2 Å². The smallest absolute Gasteiger partial charge is 0.342 e. The molecule has 0 fully saturated rings. The van der Waals surface area contributed by atoms with E-state index in [0.717, 1.165) is 38.2 Å². The first-order valence-electron chi connectivity index (χ1n) is 7.01. The number of hydrogen-bond acceptors (Lipinski definition) is 4. The van der Waals surface area contributed by atoms with Gasteiger partial charge in [0.1, 0.15) is 17.1 Å². The Labute approximate surface area is 118 Å². The lowest BCUT2D eigenvalue weighted by Gasteiger charge is -2.16. The van der Waals surface area contributed by atoms with Crippen LogP contribution in [0.15, 0.2) is 18.2 Å². The summed E-state index contributed by atoms with van der Waals surface area (Å²) in [5, 5.41) is 19.5. The molecule has 108 valence electrons. The maximum absolute atomic E-state index is 12.2. The molecule has 1 aromatic rings. The number of aromatic hydroxyl groups is 2. The largest absolute Gasteiger partial charge is 0.508 e. The highest BCUT2D eigenvalue weighted by Crippen LogP contribution is 2.30. The van der Waals surface area contributed by atoms with E-state index in [0.29, 0.717) is 5.56 Å². The minimum atomic E-state index is -0.546. The quantitative estimate of drug-likeness (QED) is 0.710. The Bertz CT molecular complexity index is 519. The van der Waals surface area contributed by atoms with Crippen LogP contribution in [0.5, 0.6) is 11.5 Å². The van der Waals surface area contributed by atoms with Crippen molar-refractivity contribution in [3.05, 3.63) is 29.3 Å². The summed E-state index contributed by atoms with van der Waals surface area (Å²) >= 11 is 0. The average Bonchev–Trinajstić information content (AvgIpc) is 2.35. The molecule has 0 aromatic heterocycles. The molecule has 0 saturated carbocycles. The van der Waals surface area contributed by atoms with Gasteiger partial charge in [0.05, 0.1) is 6.10 Å². The normalized spacial score (nSPS) is 20.4. The molecule has 1 aliphatic rings. The highest BCUT2D eigenvalue weighted by molar-refractivity contribution is 5.97. The molecule has 0 bridgehead atoms. The number of rotatable bonds is 0. The Balaban J connectivity index is 2.40. The van der Waals surface area contributed by atoms with Gasteiger partial charge in [-0.25, -0.2) is 4.79 Å². The Morgan fingerprint density at radius 2 is 2.00 bits per heavy atom. The molecule has 0 saturated heterocycles. The van der Waals surface area contributed by atoms with Crippen LogP contribution in [0.3, 0.4) is 0 Å². The first-order valence-corrected chi connectivity index (χ1v) is 7.01. The topological polar surface area (TPSA) is 66.8 Å². The summed E-state index contributed by atoms with van der Waals surface area (Å²) in [6.07, 6.45) is 8.48. The highest BCUT2D eigenvalue weighted by Gasteiger charge is 2.20. The second-order valence-corrected chi connectivity index (χ2v) is 5.19. The zero-order valence-electron chi connectivity index (χ0n) is 11.6. The Morgan fingerprint density at radius 3 is 2.80 bits per heavy atom. The lowest BCUT2D eigenvalue weighted by atomic mass is 10.0. The van der Waals surface area contributed by atoms with Gasteiger partial charge in [0.2, 0.25) is 0 Å². The van der Waals surface area contributed by atoms with Crippen molar-refractivity contribution >= 4 is 12.0 Å². The van der Waals surface area contributed by atoms with E-state index in [9.17, 15) is 15.0 Å². The fourth-order valence-corrected chi connectivity index (χ4v) is 2.37. The standard InChI is InChI=1S/C16H20O4/c1-11-7-5-3-2-4-6-8-12-9-13(17)10-14(18)15(12)16(19)20-11/h6,8-11,17-18H,2-5,7H2,1H3. The second-order valence-electron chi connectivity index (χ2n) is 5.19. The number of carbonyl (C=O) groups excluding carboxylic acids is 1. The van der Waals surface area contributed by atoms with Crippen molar-refractivity contribution in [1.82, 2.24) is 0 Å². The van der Waals surface area contributed by atoms with E-state index in [4.69, 9.17) is 4.74 Å². The first-order chi connectivity index (χ1) is 9.58. The number of allylic oxidation sites excluding steroid dienone is 1. The van der Waals surface area contributed by atoms with E-state index in [-0.39, 0.29) is 23.2 Å². The molecule has 1 aromatic carbocycles. The van der Waals surface area contributed by atoms with Crippen molar-refractivity contribution in [2.24, 2.45) is 0 Å². The van der Waals surface area contributed by atoms with Crippen LogP contribution in [0.1, 0.15) is 54.9 Å². The van der Waals surface area contributed by atoms with Gasteiger partial charge < -0.3 is 14.9 Å². The first kappa shape index (κ1) is 14.4. The molecule has 2 N–H and O–H groups in total. The number of phenolic OH excluding ortho intramolecular Hbond substituents is 2. The molecule has 0 aliphatic carbocycles. The van der Waals surface area contributed by atoms with Crippen molar-refractivity contribution in [1.29, 1.82) is 0 Å². The lowest BCUT2D eigenvalue weighted by Crippen LogP contribution is -2.16. The van der Waals surface area contributed by atoms with Crippen molar-refractivity contribution < 1.29 is 19.7 Å². The molecule has 1 aliphatic heterocycles. The van der Waals surface area contributed by atoms with E-state index in [1.807, 2.05) is 13.0 Å². The average molecular weight is 276 g/mol. The number of carbonyl (C=O) groups is 1. The summed E-state index contributed by atoms with van der Waals surface area (Å²) in [5.74, 6) is -0.868. The molecule has 20 heavy (non-hydrogen) atoms. The monoisotopic (exact) mass is 276 g/mol. The van der Waals surface area contributed by atoms with Gasteiger partial charge in [-0.2, -0.15) is 0 Å². The van der Waals surface area contributed by atoms with E-state index >= 15 is 0 Å². The minimum Gasteiger partial charge on any atom is -0.508 e. The van der Waals surface area contributed by atoms with Crippen molar-refractivity contribution in [3.63, 3.8) is 0 Å². The molecule has 0 spiro atoms. The number of ether oxygens (including phenoxy) is 1. The predicted molar refractivity (Wildman–Crippen MR) is 76.8 cm³/mol. The van der Waals surface area contributed by atoms with Crippen LogP contribution in [0.25, 0.3) is 6.08 Å². The van der Waals surface area contributed by atoms with Crippen LogP contribution in [0, 0.1) is 0 Å². The summed E-state index contributed by atoms with van der Waals surface area (Å²) in [7, 11) is 0. The number of hydrogen-bond donors (Lipinski definition) is 2. The van der Waals surface area contributed by atoms with Gasteiger partial charge in [0.15, 0.2) is 0 Å². The Hall–Kier alpha value is -1.97. The summed E-state index contributed by atoms with van der Waals surface area (Å²) in [5.41, 5.74) is 0.603. The van der Waals surface area contributed by atoms with Crippen LogP contribution in [-0.2, 0) is 4.74 Å². The Kier molecular flexibility index (Phi) is 4.66.